The van der Waals surface area contributed by atoms with E-state index < -0.39 is 5.41 Å². The molecule has 0 spiro atoms. The summed E-state index contributed by atoms with van der Waals surface area (Å²) in [5.74, 6) is -0.148. The fraction of sp³-hybridized carbons (Fsp3) is 0.778. The van der Waals surface area contributed by atoms with E-state index >= 15 is 0 Å². The minimum Gasteiger partial charge on any atom is -0.299 e. The van der Waals surface area contributed by atoms with Gasteiger partial charge in [0.2, 0.25) is 0 Å². The number of Topliss-reactive ketones (excluding diaryl/α,β-unsaturated/α-hetero) is 1. The van der Waals surface area contributed by atoms with Gasteiger partial charge in [-0.25, -0.2) is 5.06 Å². The van der Waals surface area contributed by atoms with E-state index in [-0.39, 0.29) is 11.7 Å². The molecule has 0 unspecified atom stereocenters. The van der Waals surface area contributed by atoms with Gasteiger partial charge in [-0.3, -0.25) is 14.4 Å². The van der Waals surface area contributed by atoms with E-state index in [9.17, 15) is 9.59 Å². The number of rotatable bonds is 2. The SMILES string of the molecule is CC(=O)C1(C(=O)N2CCCO2)CC1. The molecule has 1 heterocycles. The standard InChI is InChI=1S/C9H13NO3/c1-7(11)9(3-4-9)8(12)10-5-2-6-13-10/h2-6H2,1H3. The molecule has 0 aromatic carbocycles. The maximum atomic E-state index is 11.8. The van der Waals surface area contributed by atoms with E-state index in [0.29, 0.717) is 26.0 Å². The molecule has 72 valence electrons. The molecule has 1 aliphatic carbocycles. The van der Waals surface area contributed by atoms with Crippen molar-refractivity contribution in [1.82, 2.24) is 5.06 Å². The molecule has 4 nitrogen and oxygen atoms in total. The van der Waals surface area contributed by atoms with Crippen LogP contribution in [-0.4, -0.2) is 29.9 Å². The minimum absolute atomic E-state index is 0.0204. The van der Waals surface area contributed by atoms with Crippen LogP contribution in [0.25, 0.3) is 0 Å². The van der Waals surface area contributed by atoms with Crippen LogP contribution >= 0.6 is 0 Å². The Labute approximate surface area is 76.8 Å². The van der Waals surface area contributed by atoms with Crippen molar-refractivity contribution in [3.63, 3.8) is 0 Å². The highest BCUT2D eigenvalue weighted by molar-refractivity contribution is 6.07. The zero-order valence-electron chi connectivity index (χ0n) is 7.71. The predicted octanol–water partition coefficient (Wildman–Crippen LogP) is 0.519. The molecule has 4 heteroatoms. The summed E-state index contributed by atoms with van der Waals surface area (Å²) in [6.45, 7) is 2.72. The summed E-state index contributed by atoms with van der Waals surface area (Å²) in [7, 11) is 0. The number of amides is 1. The summed E-state index contributed by atoms with van der Waals surface area (Å²) < 4.78 is 0. The topological polar surface area (TPSA) is 46.6 Å². The van der Waals surface area contributed by atoms with Crippen LogP contribution in [0.3, 0.4) is 0 Å². The largest absolute Gasteiger partial charge is 0.299 e. The summed E-state index contributed by atoms with van der Waals surface area (Å²) in [4.78, 5) is 28.1. The Kier molecular flexibility index (Phi) is 1.87. The third-order valence-electron chi connectivity index (χ3n) is 2.81. The van der Waals surface area contributed by atoms with Gasteiger partial charge in [-0.05, 0) is 26.2 Å². The first kappa shape index (κ1) is 8.69. The fourth-order valence-corrected chi connectivity index (χ4v) is 1.69. The van der Waals surface area contributed by atoms with Crippen LogP contribution in [0.1, 0.15) is 26.2 Å². The Morgan fingerprint density at radius 1 is 1.38 bits per heavy atom. The lowest BCUT2D eigenvalue weighted by molar-refractivity contribution is -0.176. The van der Waals surface area contributed by atoms with Gasteiger partial charge in [0.15, 0.2) is 0 Å². The van der Waals surface area contributed by atoms with Gasteiger partial charge in [0.05, 0.1) is 13.2 Å². The van der Waals surface area contributed by atoms with E-state index in [1.54, 1.807) is 0 Å². The summed E-state index contributed by atoms with van der Waals surface area (Å²) in [5, 5.41) is 1.36. The van der Waals surface area contributed by atoms with Crippen molar-refractivity contribution in [1.29, 1.82) is 0 Å². The highest BCUT2D eigenvalue weighted by Crippen LogP contribution is 2.48. The number of hydrogen-bond donors (Lipinski definition) is 0. The molecule has 0 aromatic heterocycles. The molecule has 1 aliphatic heterocycles. The van der Waals surface area contributed by atoms with Crippen molar-refractivity contribution in [2.45, 2.75) is 26.2 Å². The quantitative estimate of drug-likeness (QED) is 0.586. The molecule has 2 rings (SSSR count). The molecule has 0 aromatic rings. The molecule has 0 atom stereocenters. The average Bonchev–Trinajstić information content (AvgIpc) is 2.74. The van der Waals surface area contributed by atoms with Gasteiger partial charge < -0.3 is 0 Å². The summed E-state index contributed by atoms with van der Waals surface area (Å²) in [6, 6.07) is 0. The number of carbonyl (C=O) groups excluding carboxylic acids is 2. The van der Waals surface area contributed by atoms with E-state index in [0.717, 1.165) is 6.42 Å². The molecule has 1 saturated carbocycles. The van der Waals surface area contributed by atoms with E-state index in [1.165, 1.54) is 12.0 Å². The van der Waals surface area contributed by atoms with Crippen molar-refractivity contribution < 1.29 is 14.4 Å². The number of hydroxylamine groups is 2. The second-order valence-corrected chi connectivity index (χ2v) is 3.73. The molecule has 2 fully saturated rings. The third kappa shape index (κ3) is 1.25. The highest BCUT2D eigenvalue weighted by Gasteiger charge is 2.56. The Bertz CT molecular complexity index is 252. The van der Waals surface area contributed by atoms with Crippen molar-refractivity contribution in [3.8, 4) is 0 Å². The van der Waals surface area contributed by atoms with Crippen LogP contribution in [0.5, 0.6) is 0 Å². The van der Waals surface area contributed by atoms with Crippen LogP contribution in [-0.2, 0) is 14.4 Å². The molecular formula is C9H13NO3. The lowest BCUT2D eigenvalue weighted by Crippen LogP contribution is -2.37. The Hall–Kier alpha value is -0.900. The second kappa shape index (κ2) is 2.80. The van der Waals surface area contributed by atoms with E-state index in [2.05, 4.69) is 0 Å². The Morgan fingerprint density at radius 2 is 2.08 bits per heavy atom. The lowest BCUT2D eigenvalue weighted by Gasteiger charge is -2.18. The number of nitrogens with zero attached hydrogens (tertiary/aromatic N) is 1. The van der Waals surface area contributed by atoms with E-state index in [4.69, 9.17) is 4.84 Å². The van der Waals surface area contributed by atoms with Gasteiger partial charge >= 0.3 is 0 Å². The van der Waals surface area contributed by atoms with Crippen LogP contribution in [0, 0.1) is 5.41 Å². The van der Waals surface area contributed by atoms with Gasteiger partial charge in [-0.1, -0.05) is 0 Å². The second-order valence-electron chi connectivity index (χ2n) is 3.73. The zero-order chi connectivity index (χ0) is 9.47. The van der Waals surface area contributed by atoms with Gasteiger partial charge in [0.25, 0.3) is 5.91 Å². The average molecular weight is 183 g/mol. The van der Waals surface area contributed by atoms with Crippen molar-refractivity contribution in [3.05, 3.63) is 0 Å². The van der Waals surface area contributed by atoms with Crippen LogP contribution in [0.4, 0.5) is 0 Å². The minimum atomic E-state index is -0.704. The van der Waals surface area contributed by atoms with Crippen molar-refractivity contribution in [2.24, 2.45) is 5.41 Å². The first-order chi connectivity index (χ1) is 6.17. The van der Waals surface area contributed by atoms with Crippen molar-refractivity contribution in [2.75, 3.05) is 13.2 Å². The highest BCUT2D eigenvalue weighted by atomic mass is 16.7. The number of hydrogen-bond acceptors (Lipinski definition) is 3. The van der Waals surface area contributed by atoms with Gasteiger partial charge in [-0.15, -0.1) is 0 Å². The fourth-order valence-electron chi connectivity index (χ4n) is 1.69. The zero-order valence-corrected chi connectivity index (χ0v) is 7.71. The number of ketones is 1. The number of carbonyl (C=O) groups is 2. The lowest BCUT2D eigenvalue weighted by atomic mass is 10.0. The molecule has 13 heavy (non-hydrogen) atoms. The molecular weight excluding hydrogens is 170 g/mol. The van der Waals surface area contributed by atoms with E-state index in [1.807, 2.05) is 0 Å². The molecule has 0 bridgehead atoms. The maximum Gasteiger partial charge on any atom is 0.259 e. The van der Waals surface area contributed by atoms with Crippen LogP contribution in [0.2, 0.25) is 0 Å². The third-order valence-corrected chi connectivity index (χ3v) is 2.81. The van der Waals surface area contributed by atoms with Crippen LogP contribution < -0.4 is 0 Å². The first-order valence-electron chi connectivity index (χ1n) is 4.63. The summed E-state index contributed by atoms with van der Waals surface area (Å²) >= 11 is 0. The first-order valence-corrected chi connectivity index (χ1v) is 4.63. The predicted molar refractivity (Wildman–Crippen MR) is 44.6 cm³/mol. The molecule has 1 saturated heterocycles. The van der Waals surface area contributed by atoms with Gasteiger partial charge in [0.1, 0.15) is 11.2 Å². The smallest absolute Gasteiger partial charge is 0.259 e. The Balaban J connectivity index is 2.08. The van der Waals surface area contributed by atoms with Crippen molar-refractivity contribution >= 4 is 11.7 Å². The molecule has 2 aliphatic rings. The monoisotopic (exact) mass is 183 g/mol. The summed E-state index contributed by atoms with van der Waals surface area (Å²) in [6.07, 6.45) is 2.27. The summed E-state index contributed by atoms with van der Waals surface area (Å²) in [5.41, 5.74) is -0.704. The normalized spacial score (nSPS) is 24.5. The maximum absolute atomic E-state index is 11.8. The molecule has 0 radical (unpaired) electrons. The van der Waals surface area contributed by atoms with Gasteiger partial charge in [-0.2, -0.15) is 0 Å². The molecule has 1 amide bonds. The van der Waals surface area contributed by atoms with Crippen LogP contribution in [0.15, 0.2) is 0 Å². The molecule has 0 N–H and O–H groups in total. The Morgan fingerprint density at radius 3 is 2.46 bits per heavy atom. The van der Waals surface area contributed by atoms with Gasteiger partial charge in [0, 0.05) is 0 Å².